The Morgan fingerprint density at radius 3 is 2.81 bits per heavy atom. The van der Waals surface area contributed by atoms with Crippen molar-refractivity contribution >= 4 is 5.69 Å². The van der Waals surface area contributed by atoms with Gasteiger partial charge in [0.15, 0.2) is 0 Å². The van der Waals surface area contributed by atoms with Crippen LogP contribution >= 0.6 is 0 Å². The van der Waals surface area contributed by atoms with E-state index in [-0.39, 0.29) is 11.6 Å². The number of nitriles is 1. The van der Waals surface area contributed by atoms with Crippen LogP contribution in [0.4, 0.5) is 5.69 Å². The van der Waals surface area contributed by atoms with Crippen molar-refractivity contribution in [1.82, 2.24) is 5.32 Å². The second-order valence-electron chi connectivity index (χ2n) is 6.49. The minimum Gasteiger partial charge on any atom is -0.490 e. The molecule has 4 nitrogen and oxygen atoms in total. The van der Waals surface area contributed by atoms with E-state index in [1.165, 1.54) is 12.8 Å². The standard InChI is InChI=1S/C17H23N3O/c1-20(2)14-4-3-5-15(10-14)21-16-8-9-17(11-16,12-18)19-13-6-7-13/h3-5,10,13,16,19H,6-9,11H2,1-2H3. The summed E-state index contributed by atoms with van der Waals surface area (Å²) in [5, 5.41) is 13.0. The normalized spacial score (nSPS) is 28.1. The summed E-state index contributed by atoms with van der Waals surface area (Å²) in [5.74, 6) is 0.895. The van der Waals surface area contributed by atoms with E-state index in [0.717, 1.165) is 30.7 Å². The van der Waals surface area contributed by atoms with Crippen LogP contribution in [0.1, 0.15) is 32.1 Å². The number of hydrogen-bond donors (Lipinski definition) is 1. The van der Waals surface area contributed by atoms with E-state index in [0.29, 0.717) is 6.04 Å². The van der Waals surface area contributed by atoms with Crippen LogP contribution in [0.5, 0.6) is 5.75 Å². The smallest absolute Gasteiger partial charge is 0.121 e. The zero-order valence-corrected chi connectivity index (χ0v) is 12.8. The van der Waals surface area contributed by atoms with E-state index in [1.54, 1.807) is 0 Å². The van der Waals surface area contributed by atoms with Gasteiger partial charge in [0, 0.05) is 38.3 Å². The van der Waals surface area contributed by atoms with E-state index in [9.17, 15) is 5.26 Å². The molecule has 2 aliphatic rings. The molecule has 0 heterocycles. The van der Waals surface area contributed by atoms with Crippen molar-refractivity contribution in [2.45, 2.75) is 49.8 Å². The number of nitrogens with one attached hydrogen (secondary N) is 1. The topological polar surface area (TPSA) is 48.3 Å². The fourth-order valence-corrected chi connectivity index (χ4v) is 3.01. The summed E-state index contributed by atoms with van der Waals surface area (Å²) in [6.07, 6.45) is 5.16. The first-order valence-electron chi connectivity index (χ1n) is 7.73. The molecule has 1 N–H and O–H groups in total. The van der Waals surface area contributed by atoms with Gasteiger partial charge in [-0.05, 0) is 37.8 Å². The van der Waals surface area contributed by atoms with E-state index < -0.39 is 0 Å². The highest BCUT2D eigenvalue weighted by Crippen LogP contribution is 2.36. The number of hydrogen-bond acceptors (Lipinski definition) is 4. The molecule has 2 fully saturated rings. The first-order valence-corrected chi connectivity index (χ1v) is 7.73. The summed E-state index contributed by atoms with van der Waals surface area (Å²) in [6.45, 7) is 0. The average Bonchev–Trinajstić information content (AvgIpc) is 3.19. The fraction of sp³-hybridized carbons (Fsp3) is 0.588. The largest absolute Gasteiger partial charge is 0.490 e. The van der Waals surface area contributed by atoms with Crippen molar-refractivity contribution < 1.29 is 4.74 Å². The quantitative estimate of drug-likeness (QED) is 0.903. The average molecular weight is 285 g/mol. The third-order valence-electron chi connectivity index (χ3n) is 4.38. The van der Waals surface area contributed by atoms with Gasteiger partial charge < -0.3 is 9.64 Å². The van der Waals surface area contributed by atoms with Crippen LogP contribution < -0.4 is 15.0 Å². The van der Waals surface area contributed by atoms with Crippen LogP contribution in [-0.2, 0) is 0 Å². The summed E-state index contributed by atoms with van der Waals surface area (Å²) >= 11 is 0. The molecule has 0 radical (unpaired) electrons. The maximum atomic E-state index is 9.52. The lowest BCUT2D eigenvalue weighted by molar-refractivity contribution is 0.200. The summed E-state index contributed by atoms with van der Waals surface area (Å²) in [6, 6.07) is 11.2. The van der Waals surface area contributed by atoms with Gasteiger partial charge in [-0.1, -0.05) is 6.07 Å². The minimum absolute atomic E-state index is 0.133. The Bertz CT molecular complexity index is 547. The van der Waals surface area contributed by atoms with Crippen molar-refractivity contribution in [3.63, 3.8) is 0 Å². The highest BCUT2D eigenvalue weighted by molar-refractivity contribution is 5.49. The van der Waals surface area contributed by atoms with Crippen molar-refractivity contribution in [2.75, 3.05) is 19.0 Å². The lowest BCUT2D eigenvalue weighted by Gasteiger charge is -2.23. The molecular weight excluding hydrogens is 262 g/mol. The first kappa shape index (κ1) is 14.2. The van der Waals surface area contributed by atoms with E-state index in [4.69, 9.17) is 4.74 Å². The zero-order chi connectivity index (χ0) is 14.9. The van der Waals surface area contributed by atoms with Crippen LogP contribution in [0.25, 0.3) is 0 Å². The molecule has 0 bridgehead atoms. The second-order valence-corrected chi connectivity index (χ2v) is 6.49. The van der Waals surface area contributed by atoms with Crippen molar-refractivity contribution in [3.05, 3.63) is 24.3 Å². The number of nitrogens with zero attached hydrogens (tertiary/aromatic N) is 2. The van der Waals surface area contributed by atoms with Gasteiger partial charge in [-0.15, -0.1) is 0 Å². The number of ether oxygens (including phenoxy) is 1. The van der Waals surface area contributed by atoms with Crippen molar-refractivity contribution in [2.24, 2.45) is 0 Å². The number of anilines is 1. The molecule has 3 rings (SSSR count). The van der Waals surface area contributed by atoms with Gasteiger partial charge in [-0.3, -0.25) is 5.32 Å². The zero-order valence-electron chi connectivity index (χ0n) is 12.8. The van der Waals surface area contributed by atoms with Crippen molar-refractivity contribution in [3.8, 4) is 11.8 Å². The Labute approximate surface area is 126 Å². The molecule has 0 spiro atoms. The molecule has 112 valence electrons. The lowest BCUT2D eigenvalue weighted by atomic mass is 9.99. The number of benzene rings is 1. The molecule has 0 aliphatic heterocycles. The maximum absolute atomic E-state index is 9.52. The predicted octanol–water partition coefficient (Wildman–Crippen LogP) is 2.70. The molecule has 1 aromatic carbocycles. The third-order valence-corrected chi connectivity index (χ3v) is 4.38. The Morgan fingerprint density at radius 2 is 2.14 bits per heavy atom. The molecule has 21 heavy (non-hydrogen) atoms. The Hall–Kier alpha value is -1.73. The van der Waals surface area contributed by atoms with E-state index in [1.807, 2.05) is 26.2 Å². The van der Waals surface area contributed by atoms with Crippen LogP contribution in [-0.4, -0.2) is 31.8 Å². The summed E-state index contributed by atoms with van der Waals surface area (Å²) in [4.78, 5) is 2.07. The predicted molar refractivity (Wildman–Crippen MR) is 83.5 cm³/mol. The van der Waals surface area contributed by atoms with Gasteiger partial charge in [0.1, 0.15) is 17.4 Å². The van der Waals surface area contributed by atoms with Gasteiger partial charge in [-0.2, -0.15) is 5.26 Å². The SMILES string of the molecule is CN(C)c1cccc(OC2CCC(C#N)(NC3CC3)C2)c1. The lowest BCUT2D eigenvalue weighted by Crippen LogP contribution is -2.43. The monoisotopic (exact) mass is 285 g/mol. The highest BCUT2D eigenvalue weighted by atomic mass is 16.5. The molecular formula is C17H23N3O. The van der Waals surface area contributed by atoms with E-state index in [2.05, 4.69) is 28.4 Å². The molecule has 4 heteroatoms. The van der Waals surface area contributed by atoms with Gasteiger partial charge >= 0.3 is 0 Å². The van der Waals surface area contributed by atoms with E-state index >= 15 is 0 Å². The maximum Gasteiger partial charge on any atom is 0.121 e. The second kappa shape index (κ2) is 5.57. The summed E-state index contributed by atoms with van der Waals surface area (Å²) < 4.78 is 6.11. The molecule has 2 aliphatic carbocycles. The Kier molecular flexibility index (Phi) is 3.77. The Balaban J connectivity index is 1.64. The number of rotatable bonds is 5. The van der Waals surface area contributed by atoms with Crippen LogP contribution in [0.2, 0.25) is 0 Å². The van der Waals surface area contributed by atoms with Gasteiger partial charge in [0.2, 0.25) is 0 Å². The first-order chi connectivity index (χ1) is 10.1. The van der Waals surface area contributed by atoms with Crippen LogP contribution in [0.3, 0.4) is 0 Å². The molecule has 0 saturated heterocycles. The van der Waals surface area contributed by atoms with Gasteiger partial charge in [0.25, 0.3) is 0 Å². The van der Waals surface area contributed by atoms with Crippen LogP contribution in [0, 0.1) is 11.3 Å². The van der Waals surface area contributed by atoms with Gasteiger partial charge in [0.05, 0.1) is 6.07 Å². The molecule has 1 aromatic rings. The molecule has 2 unspecified atom stereocenters. The van der Waals surface area contributed by atoms with Gasteiger partial charge in [-0.25, -0.2) is 0 Å². The highest BCUT2D eigenvalue weighted by Gasteiger charge is 2.43. The molecule has 2 atom stereocenters. The Morgan fingerprint density at radius 1 is 1.33 bits per heavy atom. The molecule has 0 aromatic heterocycles. The van der Waals surface area contributed by atoms with Crippen molar-refractivity contribution in [1.29, 1.82) is 5.26 Å². The van der Waals surface area contributed by atoms with Crippen LogP contribution in [0.15, 0.2) is 24.3 Å². The molecule has 2 saturated carbocycles. The third kappa shape index (κ3) is 3.30. The molecule has 0 amide bonds. The summed E-state index contributed by atoms with van der Waals surface area (Å²) in [5.41, 5.74) is 0.762. The fourth-order valence-electron chi connectivity index (χ4n) is 3.01. The summed E-state index contributed by atoms with van der Waals surface area (Å²) in [7, 11) is 4.05. The minimum atomic E-state index is -0.370.